The lowest BCUT2D eigenvalue weighted by molar-refractivity contribution is -0.00680. The molecule has 0 bridgehead atoms. The molecule has 3 nitrogen and oxygen atoms in total. The summed E-state index contributed by atoms with van der Waals surface area (Å²) in [4.78, 5) is 0. The summed E-state index contributed by atoms with van der Waals surface area (Å²) in [6.45, 7) is 11.4. The maximum Gasteiger partial charge on any atom is 0.0652 e. The molecule has 3 heteroatoms. The number of fused-ring (bicyclic) bond motifs is 1. The zero-order chi connectivity index (χ0) is 15.3. The van der Waals surface area contributed by atoms with Crippen LogP contribution in [0.1, 0.15) is 70.5 Å². The molecule has 0 fully saturated rings. The van der Waals surface area contributed by atoms with E-state index in [9.17, 15) is 0 Å². The molecule has 1 aromatic rings. The molecular formula is C18H32N2O. The quantitative estimate of drug-likeness (QED) is 0.800. The number of aromatic nitrogens is 1. The number of nitrogens with zero attached hydrogens (tertiary/aromatic N) is 1. The first-order valence-corrected chi connectivity index (χ1v) is 8.55. The van der Waals surface area contributed by atoms with Gasteiger partial charge in [0.2, 0.25) is 0 Å². The molecular weight excluding hydrogens is 260 g/mol. The van der Waals surface area contributed by atoms with Crippen LogP contribution in [-0.2, 0) is 17.7 Å². The summed E-state index contributed by atoms with van der Waals surface area (Å²) >= 11 is 0. The molecule has 0 aliphatic heterocycles. The Balaban J connectivity index is 1.99. The first kappa shape index (κ1) is 16.6. The summed E-state index contributed by atoms with van der Waals surface area (Å²) in [5.41, 5.74) is 3.02. The highest BCUT2D eigenvalue weighted by Crippen LogP contribution is 2.29. The fourth-order valence-corrected chi connectivity index (χ4v) is 3.03. The van der Waals surface area contributed by atoms with Crippen LogP contribution in [0.25, 0.3) is 0 Å². The van der Waals surface area contributed by atoms with E-state index in [0.29, 0.717) is 6.04 Å². The maximum absolute atomic E-state index is 5.85. The third kappa shape index (κ3) is 5.15. The molecule has 1 unspecified atom stereocenters. The Morgan fingerprint density at radius 3 is 2.81 bits per heavy atom. The molecule has 1 atom stereocenters. The summed E-state index contributed by atoms with van der Waals surface area (Å²) < 4.78 is 8.17. The molecule has 0 saturated heterocycles. The third-order valence-electron chi connectivity index (χ3n) is 4.09. The van der Waals surface area contributed by atoms with Gasteiger partial charge in [0, 0.05) is 25.0 Å². The van der Waals surface area contributed by atoms with E-state index in [2.05, 4.69) is 50.0 Å². The Labute approximate surface area is 130 Å². The van der Waals surface area contributed by atoms with Crippen LogP contribution in [0.3, 0.4) is 0 Å². The molecule has 1 heterocycles. The SMILES string of the molecule is CCCNC1CCCCc2cn(CCOC(C)(C)C)cc21. The summed E-state index contributed by atoms with van der Waals surface area (Å²) in [6.07, 6.45) is 11.0. The molecule has 1 aliphatic carbocycles. The van der Waals surface area contributed by atoms with E-state index in [0.717, 1.165) is 19.7 Å². The van der Waals surface area contributed by atoms with Crippen molar-refractivity contribution >= 4 is 0 Å². The maximum atomic E-state index is 5.85. The van der Waals surface area contributed by atoms with Crippen LogP contribution in [0.2, 0.25) is 0 Å². The van der Waals surface area contributed by atoms with Crippen LogP contribution in [0, 0.1) is 0 Å². The summed E-state index contributed by atoms with van der Waals surface area (Å²) in [5, 5.41) is 3.72. The van der Waals surface area contributed by atoms with Gasteiger partial charge < -0.3 is 14.6 Å². The zero-order valence-corrected chi connectivity index (χ0v) is 14.2. The fraction of sp³-hybridized carbons (Fsp3) is 0.778. The standard InChI is InChI=1S/C18H32N2O/c1-5-10-19-17-9-7-6-8-15-13-20(14-16(15)17)11-12-21-18(2,3)4/h13-14,17,19H,5-12H2,1-4H3. The van der Waals surface area contributed by atoms with E-state index < -0.39 is 0 Å². The summed E-state index contributed by atoms with van der Waals surface area (Å²) in [6, 6.07) is 0.548. The van der Waals surface area contributed by atoms with Crippen LogP contribution in [0.15, 0.2) is 12.4 Å². The summed E-state index contributed by atoms with van der Waals surface area (Å²) in [5.74, 6) is 0. The Kier molecular flexibility index (Phi) is 5.88. The highest BCUT2D eigenvalue weighted by atomic mass is 16.5. The molecule has 0 saturated carbocycles. The zero-order valence-electron chi connectivity index (χ0n) is 14.2. The third-order valence-corrected chi connectivity index (χ3v) is 4.09. The van der Waals surface area contributed by atoms with Crippen LogP contribution >= 0.6 is 0 Å². The van der Waals surface area contributed by atoms with Crippen molar-refractivity contribution in [2.75, 3.05) is 13.2 Å². The van der Waals surface area contributed by atoms with Crippen molar-refractivity contribution in [2.24, 2.45) is 0 Å². The topological polar surface area (TPSA) is 26.2 Å². The number of hydrogen-bond donors (Lipinski definition) is 1. The largest absolute Gasteiger partial charge is 0.374 e. The van der Waals surface area contributed by atoms with Crippen molar-refractivity contribution < 1.29 is 4.74 Å². The summed E-state index contributed by atoms with van der Waals surface area (Å²) in [7, 11) is 0. The van der Waals surface area contributed by atoms with Crippen LogP contribution < -0.4 is 5.32 Å². The molecule has 21 heavy (non-hydrogen) atoms. The second kappa shape index (κ2) is 7.46. The van der Waals surface area contributed by atoms with Crippen LogP contribution in [-0.4, -0.2) is 23.3 Å². The van der Waals surface area contributed by atoms with Gasteiger partial charge in [-0.25, -0.2) is 0 Å². The Morgan fingerprint density at radius 2 is 2.10 bits per heavy atom. The molecule has 2 rings (SSSR count). The first-order valence-electron chi connectivity index (χ1n) is 8.55. The Hall–Kier alpha value is -0.800. The van der Waals surface area contributed by atoms with Crippen LogP contribution in [0.5, 0.6) is 0 Å². The smallest absolute Gasteiger partial charge is 0.0652 e. The predicted octanol–water partition coefficient (Wildman–Crippen LogP) is 4.07. The van der Waals surface area contributed by atoms with E-state index in [1.807, 2.05) is 0 Å². The van der Waals surface area contributed by atoms with E-state index in [4.69, 9.17) is 4.74 Å². The van der Waals surface area contributed by atoms with Crippen molar-refractivity contribution in [3.8, 4) is 0 Å². The lowest BCUT2D eigenvalue weighted by atomic mass is 10.0. The van der Waals surface area contributed by atoms with Gasteiger partial charge in [-0.05, 0) is 64.1 Å². The van der Waals surface area contributed by atoms with Crippen molar-refractivity contribution in [3.05, 3.63) is 23.5 Å². The van der Waals surface area contributed by atoms with Gasteiger partial charge in [-0.1, -0.05) is 13.3 Å². The van der Waals surface area contributed by atoms with Gasteiger partial charge in [0.25, 0.3) is 0 Å². The minimum atomic E-state index is -0.0462. The van der Waals surface area contributed by atoms with Gasteiger partial charge in [-0.3, -0.25) is 0 Å². The Bertz CT molecular complexity index is 431. The van der Waals surface area contributed by atoms with E-state index >= 15 is 0 Å². The normalized spacial score (nSPS) is 19.3. The van der Waals surface area contributed by atoms with Gasteiger partial charge in [0.1, 0.15) is 0 Å². The fourth-order valence-electron chi connectivity index (χ4n) is 3.03. The van der Waals surface area contributed by atoms with E-state index in [1.54, 1.807) is 0 Å². The lowest BCUT2D eigenvalue weighted by Gasteiger charge is -2.19. The molecule has 0 radical (unpaired) electrons. The van der Waals surface area contributed by atoms with Gasteiger partial charge in [0.15, 0.2) is 0 Å². The van der Waals surface area contributed by atoms with Gasteiger partial charge in [-0.15, -0.1) is 0 Å². The minimum absolute atomic E-state index is 0.0462. The molecule has 0 aromatic carbocycles. The van der Waals surface area contributed by atoms with Crippen molar-refractivity contribution in [1.82, 2.24) is 9.88 Å². The molecule has 0 amide bonds. The van der Waals surface area contributed by atoms with Crippen molar-refractivity contribution in [3.63, 3.8) is 0 Å². The minimum Gasteiger partial charge on any atom is -0.374 e. The van der Waals surface area contributed by atoms with Crippen LogP contribution in [0.4, 0.5) is 0 Å². The average molecular weight is 292 g/mol. The highest BCUT2D eigenvalue weighted by Gasteiger charge is 2.20. The van der Waals surface area contributed by atoms with Crippen molar-refractivity contribution in [2.45, 2.75) is 78.0 Å². The van der Waals surface area contributed by atoms with Crippen molar-refractivity contribution in [1.29, 1.82) is 0 Å². The number of rotatable bonds is 6. The first-order chi connectivity index (χ1) is 9.99. The lowest BCUT2D eigenvalue weighted by Crippen LogP contribution is -2.22. The van der Waals surface area contributed by atoms with E-state index in [1.165, 1.54) is 43.2 Å². The highest BCUT2D eigenvalue weighted by molar-refractivity contribution is 5.29. The average Bonchev–Trinajstić information content (AvgIpc) is 2.71. The van der Waals surface area contributed by atoms with Gasteiger partial charge in [-0.2, -0.15) is 0 Å². The number of hydrogen-bond acceptors (Lipinski definition) is 2. The number of aryl methyl sites for hydroxylation is 1. The van der Waals surface area contributed by atoms with Gasteiger partial charge in [0.05, 0.1) is 12.2 Å². The molecule has 1 N–H and O–H groups in total. The Morgan fingerprint density at radius 1 is 1.29 bits per heavy atom. The molecule has 1 aliphatic rings. The monoisotopic (exact) mass is 292 g/mol. The van der Waals surface area contributed by atoms with E-state index in [-0.39, 0.29) is 5.60 Å². The number of nitrogens with one attached hydrogen (secondary N) is 1. The molecule has 0 spiro atoms. The predicted molar refractivity (Wildman–Crippen MR) is 88.7 cm³/mol. The second-order valence-electron chi connectivity index (χ2n) is 7.19. The molecule has 1 aromatic heterocycles. The number of ether oxygens (including phenoxy) is 1. The molecule has 120 valence electrons. The van der Waals surface area contributed by atoms with Gasteiger partial charge >= 0.3 is 0 Å². The second-order valence-corrected chi connectivity index (χ2v) is 7.19.